The van der Waals surface area contributed by atoms with Crippen molar-refractivity contribution in [3.63, 3.8) is 0 Å². The second-order valence-electron chi connectivity index (χ2n) is 6.43. The van der Waals surface area contributed by atoms with Crippen molar-refractivity contribution in [3.8, 4) is 0 Å². The number of methoxy groups -OCH3 is 1. The van der Waals surface area contributed by atoms with Crippen LogP contribution in [0.1, 0.15) is 33.6 Å². The molecule has 94 valence electrons. The molecule has 2 aliphatic carbocycles. The lowest BCUT2D eigenvalue weighted by Gasteiger charge is -2.38. The first kappa shape index (κ1) is 11.3. The van der Waals surface area contributed by atoms with Gasteiger partial charge in [-0.15, -0.1) is 0 Å². The number of esters is 1. The summed E-state index contributed by atoms with van der Waals surface area (Å²) in [5, 5.41) is 0. The summed E-state index contributed by atoms with van der Waals surface area (Å²) in [5.74, 6) is 0.679. The number of epoxide rings is 1. The number of rotatable bonds is 1. The van der Waals surface area contributed by atoms with Crippen molar-refractivity contribution >= 4 is 5.97 Å². The summed E-state index contributed by atoms with van der Waals surface area (Å²) >= 11 is 0. The topological polar surface area (TPSA) is 38.8 Å². The molecule has 3 nitrogen and oxygen atoms in total. The Bertz CT molecular complexity index is 410. The van der Waals surface area contributed by atoms with Crippen molar-refractivity contribution in [2.75, 3.05) is 7.11 Å². The van der Waals surface area contributed by atoms with Gasteiger partial charge in [0.2, 0.25) is 0 Å². The molecule has 1 spiro atoms. The van der Waals surface area contributed by atoms with Crippen molar-refractivity contribution in [2.24, 2.45) is 17.3 Å². The molecule has 0 aromatic heterocycles. The Labute approximate surface area is 102 Å². The zero-order valence-corrected chi connectivity index (χ0v) is 10.9. The maximum atomic E-state index is 11.9. The third kappa shape index (κ3) is 1.29. The number of hydrogen-bond donors (Lipinski definition) is 0. The largest absolute Gasteiger partial charge is 0.466 e. The Morgan fingerprint density at radius 3 is 2.88 bits per heavy atom. The van der Waals surface area contributed by atoms with E-state index in [4.69, 9.17) is 9.47 Å². The maximum absolute atomic E-state index is 11.9. The molecule has 0 N–H and O–H groups in total. The van der Waals surface area contributed by atoms with Crippen LogP contribution in [0.3, 0.4) is 0 Å². The van der Waals surface area contributed by atoms with E-state index in [1.54, 1.807) is 0 Å². The van der Waals surface area contributed by atoms with Crippen LogP contribution in [0, 0.1) is 17.3 Å². The van der Waals surface area contributed by atoms with Gasteiger partial charge in [0.25, 0.3) is 0 Å². The third-order valence-electron chi connectivity index (χ3n) is 4.82. The maximum Gasteiger partial charge on any atom is 0.336 e. The molecule has 4 unspecified atom stereocenters. The minimum absolute atomic E-state index is 0.207. The van der Waals surface area contributed by atoms with E-state index < -0.39 is 0 Å². The van der Waals surface area contributed by atoms with Crippen molar-refractivity contribution in [2.45, 2.75) is 45.3 Å². The quantitative estimate of drug-likeness (QED) is 0.518. The summed E-state index contributed by atoms with van der Waals surface area (Å²) in [5.41, 5.74) is 0.743. The first-order chi connectivity index (χ1) is 7.91. The molecule has 0 aromatic carbocycles. The molecular weight excluding hydrogens is 216 g/mol. The highest BCUT2D eigenvalue weighted by Gasteiger charge is 2.74. The normalized spacial score (nSPS) is 45.6. The molecule has 1 saturated carbocycles. The molecule has 4 atom stereocenters. The van der Waals surface area contributed by atoms with Gasteiger partial charge in [0.05, 0.1) is 18.8 Å². The molecule has 3 aliphatic rings. The highest BCUT2D eigenvalue weighted by Crippen LogP contribution is 2.68. The van der Waals surface area contributed by atoms with Crippen molar-refractivity contribution in [1.29, 1.82) is 0 Å². The van der Waals surface area contributed by atoms with E-state index in [2.05, 4.69) is 26.8 Å². The van der Waals surface area contributed by atoms with E-state index in [9.17, 15) is 4.79 Å². The van der Waals surface area contributed by atoms with Crippen LogP contribution in [0.25, 0.3) is 0 Å². The van der Waals surface area contributed by atoms with Crippen molar-refractivity contribution < 1.29 is 14.3 Å². The fraction of sp³-hybridized carbons (Fsp3) is 0.786. The molecule has 0 bridgehead atoms. The van der Waals surface area contributed by atoms with Crippen molar-refractivity contribution in [3.05, 3.63) is 11.6 Å². The van der Waals surface area contributed by atoms with Gasteiger partial charge in [-0.3, -0.25) is 0 Å². The lowest BCUT2D eigenvalue weighted by Crippen LogP contribution is -2.39. The molecule has 17 heavy (non-hydrogen) atoms. The average molecular weight is 236 g/mol. The second-order valence-corrected chi connectivity index (χ2v) is 6.43. The molecular formula is C14H20O3. The van der Waals surface area contributed by atoms with Crippen LogP contribution in [0.4, 0.5) is 0 Å². The van der Waals surface area contributed by atoms with Gasteiger partial charge >= 0.3 is 5.97 Å². The van der Waals surface area contributed by atoms with E-state index in [0.29, 0.717) is 11.8 Å². The Morgan fingerprint density at radius 1 is 1.53 bits per heavy atom. The van der Waals surface area contributed by atoms with E-state index in [1.807, 2.05) is 0 Å². The fourth-order valence-corrected chi connectivity index (χ4v) is 4.01. The molecule has 1 saturated heterocycles. The lowest BCUT2D eigenvalue weighted by atomic mass is 9.67. The summed E-state index contributed by atoms with van der Waals surface area (Å²) in [6, 6.07) is 0. The number of ether oxygens (including phenoxy) is 2. The predicted octanol–water partition coefficient (Wildman–Crippen LogP) is 2.31. The number of allylic oxidation sites excluding steroid dienone is 1. The van der Waals surface area contributed by atoms with E-state index in [0.717, 1.165) is 18.4 Å². The van der Waals surface area contributed by atoms with Crippen LogP contribution in [-0.2, 0) is 14.3 Å². The van der Waals surface area contributed by atoms with Gasteiger partial charge in [-0.2, -0.15) is 0 Å². The van der Waals surface area contributed by atoms with Crippen LogP contribution >= 0.6 is 0 Å². The Morgan fingerprint density at radius 2 is 2.24 bits per heavy atom. The minimum atomic E-state index is -0.302. The minimum Gasteiger partial charge on any atom is -0.466 e. The first-order valence-electron chi connectivity index (χ1n) is 6.40. The molecule has 0 radical (unpaired) electrons. The lowest BCUT2D eigenvalue weighted by molar-refractivity contribution is -0.137. The van der Waals surface area contributed by atoms with Gasteiger partial charge in [-0.25, -0.2) is 4.79 Å². The summed E-state index contributed by atoms with van der Waals surface area (Å²) in [4.78, 5) is 11.9. The average Bonchev–Trinajstić information content (AvgIpc) is 2.88. The first-order valence-corrected chi connectivity index (χ1v) is 6.40. The van der Waals surface area contributed by atoms with Gasteiger partial charge < -0.3 is 9.47 Å². The monoisotopic (exact) mass is 236 g/mol. The number of carbonyl (C=O) groups excluding carboxylic acids is 1. The van der Waals surface area contributed by atoms with Crippen LogP contribution in [-0.4, -0.2) is 24.8 Å². The van der Waals surface area contributed by atoms with Gasteiger partial charge in [-0.05, 0) is 24.2 Å². The summed E-state index contributed by atoms with van der Waals surface area (Å²) < 4.78 is 10.8. The zero-order chi connectivity index (χ0) is 12.4. The smallest absolute Gasteiger partial charge is 0.336 e. The highest BCUT2D eigenvalue weighted by molar-refractivity contribution is 5.92. The van der Waals surface area contributed by atoms with Gasteiger partial charge in [0, 0.05) is 5.92 Å². The fourth-order valence-electron chi connectivity index (χ4n) is 4.01. The van der Waals surface area contributed by atoms with Crippen LogP contribution in [0.15, 0.2) is 11.6 Å². The summed E-state index contributed by atoms with van der Waals surface area (Å²) in [7, 11) is 1.45. The van der Waals surface area contributed by atoms with Crippen molar-refractivity contribution in [1.82, 2.24) is 0 Å². The second kappa shape index (κ2) is 3.14. The molecule has 1 heterocycles. The standard InChI is InChI=1S/C14H20O3/c1-8-5-9(12(15)16-4)14-10(6-8)13(2,3)7-11(14)17-14/h5,8,10-11H,6-7H2,1-4H3. The predicted molar refractivity (Wildman–Crippen MR) is 63.4 cm³/mol. The summed E-state index contributed by atoms with van der Waals surface area (Å²) in [6.45, 7) is 6.76. The van der Waals surface area contributed by atoms with E-state index in [1.165, 1.54) is 7.11 Å². The van der Waals surface area contributed by atoms with Gasteiger partial charge in [0.1, 0.15) is 5.60 Å². The summed E-state index contributed by atoms with van der Waals surface area (Å²) in [6.07, 6.45) is 4.47. The van der Waals surface area contributed by atoms with Gasteiger partial charge in [0.15, 0.2) is 0 Å². The molecule has 2 fully saturated rings. The van der Waals surface area contributed by atoms with Crippen LogP contribution in [0.5, 0.6) is 0 Å². The van der Waals surface area contributed by atoms with Crippen LogP contribution < -0.4 is 0 Å². The zero-order valence-electron chi connectivity index (χ0n) is 10.9. The molecule has 0 amide bonds. The Kier molecular flexibility index (Phi) is 2.08. The third-order valence-corrected chi connectivity index (χ3v) is 4.82. The Balaban J connectivity index is 2.04. The highest BCUT2D eigenvalue weighted by atomic mass is 16.6. The Hall–Kier alpha value is -0.830. The number of carbonyl (C=O) groups is 1. The molecule has 1 aliphatic heterocycles. The SMILES string of the molecule is COC(=O)C1=CC(C)CC2C(C)(C)CC3OC132. The van der Waals surface area contributed by atoms with E-state index >= 15 is 0 Å². The number of hydrogen-bond acceptors (Lipinski definition) is 3. The van der Waals surface area contributed by atoms with Crippen LogP contribution in [0.2, 0.25) is 0 Å². The molecule has 3 heteroatoms. The van der Waals surface area contributed by atoms with Gasteiger partial charge in [-0.1, -0.05) is 26.8 Å². The molecule has 0 aromatic rings. The van der Waals surface area contributed by atoms with E-state index in [-0.39, 0.29) is 23.1 Å². The molecule has 3 rings (SSSR count).